The highest BCUT2D eigenvalue weighted by atomic mass is 19.0. The Morgan fingerprint density at radius 2 is 0.391 bits per heavy atom. The molecule has 1 aromatic rings. The number of halogens is 5. The van der Waals surface area contributed by atoms with Crippen molar-refractivity contribution < 1.29 is 23.5 Å². The van der Waals surface area contributed by atoms with Crippen LogP contribution in [0.2, 0.25) is 0 Å². The molecule has 0 saturated heterocycles. The Bertz CT molecular complexity index is 142. The molecule has 0 amide bonds. The van der Waals surface area contributed by atoms with Crippen molar-refractivity contribution in [3.63, 3.8) is 0 Å². The molecular weight excluding hydrogens is 311 g/mol. The van der Waals surface area contributed by atoms with E-state index in [2.05, 4.69) is 41.5 Å². The summed E-state index contributed by atoms with van der Waals surface area (Å²) in [5.74, 6) is 0. The largest absolute Gasteiger partial charge is 0.269 e. The van der Waals surface area contributed by atoms with Crippen LogP contribution in [0.4, 0.5) is 23.5 Å². The van der Waals surface area contributed by atoms with Crippen LogP contribution in [0, 0.1) is 0 Å². The summed E-state index contributed by atoms with van der Waals surface area (Å²) in [6, 6.07) is 12.0. The summed E-state index contributed by atoms with van der Waals surface area (Å²) in [5, 5.41) is 0. The molecule has 23 heavy (non-hydrogen) atoms. The van der Waals surface area contributed by atoms with Crippen LogP contribution in [-0.2, 0) is 0 Å². The summed E-state index contributed by atoms with van der Waals surface area (Å²) in [4.78, 5) is 0. The highest BCUT2D eigenvalue weighted by Crippen LogP contribution is 1.80. The van der Waals surface area contributed by atoms with Gasteiger partial charge in [-0.05, 0) is 0 Å². The van der Waals surface area contributed by atoms with Crippen LogP contribution in [0.1, 0.15) is 80.1 Å². The van der Waals surface area contributed by atoms with E-state index in [1.54, 1.807) is 0 Å². The molecule has 0 N–H and O–H groups in total. The Morgan fingerprint density at radius 1 is 0.304 bits per heavy atom. The first-order valence-electron chi connectivity index (χ1n) is 7.74. The lowest BCUT2D eigenvalue weighted by molar-refractivity contribution is 0.886. The quantitative estimate of drug-likeness (QED) is 0.485. The molecule has 1 rings (SSSR count). The third kappa shape index (κ3) is 120. The van der Waals surface area contributed by atoms with Gasteiger partial charge in [0, 0.05) is 0 Å². The Hall–Kier alpha value is -1.13. The zero-order valence-corrected chi connectivity index (χ0v) is 15.7. The molecule has 0 radical (unpaired) electrons. The molecule has 0 heterocycles. The van der Waals surface area contributed by atoms with Crippen molar-refractivity contribution in [3.05, 3.63) is 36.4 Å². The second-order valence-corrected chi connectivity index (χ2v) is 4.15. The molecule has 0 unspecified atom stereocenters. The Morgan fingerprint density at radius 3 is 0.435 bits per heavy atom. The van der Waals surface area contributed by atoms with E-state index >= 15 is 0 Å². The lowest BCUT2D eigenvalue weighted by Crippen LogP contribution is -1.47. The van der Waals surface area contributed by atoms with Crippen LogP contribution in [0.5, 0.6) is 0 Å². The van der Waals surface area contributed by atoms with E-state index in [4.69, 9.17) is 0 Å². The van der Waals surface area contributed by atoms with E-state index in [1.165, 1.54) is 38.5 Å². The van der Waals surface area contributed by atoms with E-state index in [9.17, 15) is 0 Å². The fourth-order valence-electron chi connectivity index (χ4n) is 0.385. The zero-order valence-electron chi connectivity index (χ0n) is 15.7. The van der Waals surface area contributed by atoms with Gasteiger partial charge in [-0.1, -0.05) is 116 Å². The zero-order chi connectivity index (χ0) is 14.5. The molecule has 0 aromatic heterocycles. The molecule has 0 saturated carbocycles. The topological polar surface area (TPSA) is 0 Å². The Kier molecular flexibility index (Phi) is 150. The average Bonchev–Trinajstić information content (AvgIpc) is 2.49. The molecule has 0 atom stereocenters. The van der Waals surface area contributed by atoms with Crippen LogP contribution in [-0.4, -0.2) is 0 Å². The first kappa shape index (κ1) is 49.5. The molecule has 148 valence electrons. The SMILES string of the molecule is CCCC.CCCC.CCCC.F.F.F.F.F.c1ccccc1. The van der Waals surface area contributed by atoms with Crippen LogP contribution in [0.15, 0.2) is 36.4 Å². The van der Waals surface area contributed by atoms with Gasteiger partial charge in [-0.25, -0.2) is 0 Å². The predicted molar refractivity (Wildman–Crippen MR) is 101 cm³/mol. The molecule has 0 nitrogen and oxygen atoms in total. The number of benzene rings is 1. The van der Waals surface area contributed by atoms with E-state index in [-0.39, 0.29) is 23.5 Å². The molecule has 0 spiro atoms. The van der Waals surface area contributed by atoms with Crippen molar-refractivity contribution in [2.24, 2.45) is 0 Å². The third-order valence-corrected chi connectivity index (χ3v) is 2.17. The van der Waals surface area contributed by atoms with Gasteiger partial charge in [0.05, 0.1) is 0 Å². The normalized spacial score (nSPS) is 6.00. The molecule has 0 bridgehead atoms. The first-order chi connectivity index (χ1) is 8.74. The van der Waals surface area contributed by atoms with Crippen molar-refractivity contribution in [2.75, 3.05) is 0 Å². The summed E-state index contributed by atoms with van der Waals surface area (Å²) in [5.41, 5.74) is 0. The summed E-state index contributed by atoms with van der Waals surface area (Å²) in [6.07, 6.45) is 7.92. The van der Waals surface area contributed by atoms with Crippen molar-refractivity contribution >= 4 is 0 Å². The monoisotopic (exact) mass is 352 g/mol. The lowest BCUT2D eigenvalue weighted by atomic mass is 10.4. The molecular formula is C18H41F5. The highest BCUT2D eigenvalue weighted by molar-refractivity contribution is 4.99. The summed E-state index contributed by atoms with van der Waals surface area (Å²) in [7, 11) is 0. The second-order valence-electron chi connectivity index (χ2n) is 4.15. The fraction of sp³-hybridized carbons (Fsp3) is 0.667. The average molecular weight is 353 g/mol. The number of hydrogen-bond donors (Lipinski definition) is 0. The van der Waals surface area contributed by atoms with Crippen LogP contribution in [0.3, 0.4) is 0 Å². The van der Waals surface area contributed by atoms with E-state index < -0.39 is 0 Å². The molecule has 5 heteroatoms. The minimum Gasteiger partial charge on any atom is -0.269 e. The van der Waals surface area contributed by atoms with Gasteiger partial charge in [0.2, 0.25) is 0 Å². The fourth-order valence-corrected chi connectivity index (χ4v) is 0.385. The molecule has 0 aliphatic heterocycles. The molecule has 0 aliphatic carbocycles. The number of unbranched alkanes of at least 4 members (excludes halogenated alkanes) is 3. The van der Waals surface area contributed by atoms with Crippen LogP contribution < -0.4 is 0 Å². The molecule has 0 aliphatic rings. The van der Waals surface area contributed by atoms with E-state index in [0.29, 0.717) is 0 Å². The maximum Gasteiger partial charge on any atom is -0.0564 e. The van der Waals surface area contributed by atoms with Gasteiger partial charge < -0.3 is 0 Å². The number of rotatable bonds is 3. The summed E-state index contributed by atoms with van der Waals surface area (Å²) >= 11 is 0. The van der Waals surface area contributed by atoms with Crippen molar-refractivity contribution in [1.82, 2.24) is 0 Å². The van der Waals surface area contributed by atoms with Gasteiger partial charge in [0.25, 0.3) is 0 Å². The number of hydrogen-bond acceptors (Lipinski definition) is 0. The molecule has 1 aromatic carbocycles. The maximum atomic E-state index is 2.18. The minimum atomic E-state index is 0. The minimum absolute atomic E-state index is 0. The van der Waals surface area contributed by atoms with Gasteiger partial charge in [-0.3, -0.25) is 23.5 Å². The Balaban J connectivity index is -0.0000000207. The smallest absolute Gasteiger partial charge is 0.0564 e. The van der Waals surface area contributed by atoms with Gasteiger partial charge in [-0.2, -0.15) is 0 Å². The third-order valence-electron chi connectivity index (χ3n) is 2.17. The van der Waals surface area contributed by atoms with Gasteiger partial charge in [0.1, 0.15) is 0 Å². The molecule has 0 fully saturated rings. The van der Waals surface area contributed by atoms with E-state index in [0.717, 1.165) is 0 Å². The predicted octanol–water partition coefficient (Wildman–Crippen LogP) is 7.87. The maximum absolute atomic E-state index is 2.18. The first-order valence-corrected chi connectivity index (χ1v) is 7.74. The van der Waals surface area contributed by atoms with Crippen LogP contribution in [0.25, 0.3) is 0 Å². The van der Waals surface area contributed by atoms with Crippen molar-refractivity contribution in [1.29, 1.82) is 0 Å². The summed E-state index contributed by atoms with van der Waals surface area (Å²) < 4.78 is 0. The van der Waals surface area contributed by atoms with Crippen molar-refractivity contribution in [2.45, 2.75) is 80.1 Å². The van der Waals surface area contributed by atoms with Gasteiger partial charge in [0.15, 0.2) is 0 Å². The van der Waals surface area contributed by atoms with Crippen LogP contribution >= 0.6 is 0 Å². The van der Waals surface area contributed by atoms with E-state index in [1.807, 2.05) is 36.4 Å². The van der Waals surface area contributed by atoms with Gasteiger partial charge >= 0.3 is 0 Å². The summed E-state index contributed by atoms with van der Waals surface area (Å²) in [6.45, 7) is 13.1. The standard InChI is InChI=1S/C6H6.3C4H10.5FH/c1-2-4-6-5-3-1;3*1-3-4-2;;;;;/h1-6H;3*3-4H2,1-2H3;5*1H. The van der Waals surface area contributed by atoms with Gasteiger partial charge in [-0.15, -0.1) is 0 Å². The van der Waals surface area contributed by atoms with Crippen molar-refractivity contribution in [3.8, 4) is 0 Å². The lowest BCUT2D eigenvalue weighted by Gasteiger charge is -1.69. The second kappa shape index (κ2) is 69.7. The Labute approximate surface area is 140 Å². The highest BCUT2D eigenvalue weighted by Gasteiger charge is 1.58.